The van der Waals surface area contributed by atoms with Crippen molar-refractivity contribution in [2.24, 2.45) is 0 Å². The van der Waals surface area contributed by atoms with E-state index < -0.39 is 11.6 Å². The van der Waals surface area contributed by atoms with Crippen molar-refractivity contribution in [1.82, 2.24) is 0 Å². The van der Waals surface area contributed by atoms with Crippen molar-refractivity contribution < 1.29 is 14.6 Å². The van der Waals surface area contributed by atoms with E-state index in [9.17, 15) is 9.90 Å². The molecule has 0 aliphatic heterocycles. The van der Waals surface area contributed by atoms with Crippen molar-refractivity contribution in [3.05, 3.63) is 23.8 Å². The molecule has 0 amide bonds. The van der Waals surface area contributed by atoms with Gasteiger partial charge in [-0.25, -0.2) is 4.79 Å². The lowest BCUT2D eigenvalue weighted by atomic mass is 10.1. The maximum Gasteiger partial charge on any atom is 0.340 e. The van der Waals surface area contributed by atoms with Crippen LogP contribution in [0.4, 0.5) is 5.69 Å². The van der Waals surface area contributed by atoms with Crippen molar-refractivity contribution >= 4 is 11.7 Å². The Kier molecular flexibility index (Phi) is 2.88. The Hall–Kier alpha value is -1.71. The Morgan fingerprint density at radius 1 is 1.40 bits per heavy atom. The van der Waals surface area contributed by atoms with Gasteiger partial charge in [-0.2, -0.15) is 0 Å². The zero-order valence-electron chi connectivity index (χ0n) is 9.07. The van der Waals surface area contributed by atoms with Gasteiger partial charge in [-0.15, -0.1) is 0 Å². The number of aromatic hydroxyl groups is 1. The molecule has 1 aromatic carbocycles. The molecule has 82 valence electrons. The van der Waals surface area contributed by atoms with Crippen LogP contribution in [0.3, 0.4) is 0 Å². The first-order valence-electron chi connectivity index (χ1n) is 4.62. The van der Waals surface area contributed by atoms with Gasteiger partial charge in [0.2, 0.25) is 0 Å². The molecule has 0 atom stereocenters. The maximum atomic E-state index is 11.6. The fourth-order valence-electron chi connectivity index (χ4n) is 1.06. The molecular formula is C11H15NO3. The summed E-state index contributed by atoms with van der Waals surface area (Å²) in [5, 5.41) is 9.31. The van der Waals surface area contributed by atoms with Gasteiger partial charge in [0.15, 0.2) is 0 Å². The van der Waals surface area contributed by atoms with Crippen molar-refractivity contribution in [2.75, 3.05) is 5.73 Å². The highest BCUT2D eigenvalue weighted by Crippen LogP contribution is 2.25. The first-order chi connectivity index (χ1) is 6.81. The van der Waals surface area contributed by atoms with E-state index in [1.165, 1.54) is 12.1 Å². The molecule has 0 saturated heterocycles. The summed E-state index contributed by atoms with van der Waals surface area (Å²) in [6, 6.07) is 4.48. The molecule has 1 aromatic rings. The number of nitrogen functional groups attached to an aromatic ring is 1. The van der Waals surface area contributed by atoms with Gasteiger partial charge in [-0.1, -0.05) is 6.07 Å². The van der Waals surface area contributed by atoms with Crippen LogP contribution in [0.2, 0.25) is 0 Å². The molecule has 0 saturated carbocycles. The van der Waals surface area contributed by atoms with Crippen molar-refractivity contribution in [1.29, 1.82) is 0 Å². The van der Waals surface area contributed by atoms with Crippen LogP contribution in [-0.2, 0) is 4.74 Å². The number of carbonyl (C=O) groups is 1. The van der Waals surface area contributed by atoms with Crippen LogP contribution >= 0.6 is 0 Å². The monoisotopic (exact) mass is 209 g/mol. The number of phenolic OH excluding ortho intramolecular Hbond substituents is 1. The van der Waals surface area contributed by atoms with E-state index in [1.807, 2.05) is 0 Å². The summed E-state index contributed by atoms with van der Waals surface area (Å²) < 4.78 is 5.13. The van der Waals surface area contributed by atoms with Crippen LogP contribution in [0.15, 0.2) is 18.2 Å². The summed E-state index contributed by atoms with van der Waals surface area (Å²) in [6.07, 6.45) is 0. The van der Waals surface area contributed by atoms with E-state index >= 15 is 0 Å². The molecule has 0 unspecified atom stereocenters. The Bertz CT molecular complexity index is 380. The van der Waals surface area contributed by atoms with Crippen LogP contribution in [0.5, 0.6) is 5.75 Å². The molecule has 1 rings (SSSR count). The average molecular weight is 209 g/mol. The third kappa shape index (κ3) is 2.87. The average Bonchev–Trinajstić information content (AvgIpc) is 2.06. The van der Waals surface area contributed by atoms with Gasteiger partial charge < -0.3 is 15.6 Å². The number of nitrogens with two attached hydrogens (primary N) is 1. The second-order valence-electron chi connectivity index (χ2n) is 4.24. The van der Waals surface area contributed by atoms with Gasteiger partial charge in [0.05, 0.1) is 11.3 Å². The number of phenols is 1. The van der Waals surface area contributed by atoms with E-state index in [0.717, 1.165) is 0 Å². The SMILES string of the molecule is CC(C)(C)OC(=O)c1cccc(O)c1N. The summed E-state index contributed by atoms with van der Waals surface area (Å²) in [5.41, 5.74) is 5.21. The highest BCUT2D eigenvalue weighted by molar-refractivity contribution is 5.96. The lowest BCUT2D eigenvalue weighted by molar-refractivity contribution is 0.00705. The second-order valence-corrected chi connectivity index (χ2v) is 4.24. The van der Waals surface area contributed by atoms with E-state index in [0.29, 0.717) is 0 Å². The van der Waals surface area contributed by atoms with Crippen molar-refractivity contribution in [3.63, 3.8) is 0 Å². The molecule has 15 heavy (non-hydrogen) atoms. The number of rotatable bonds is 1. The number of anilines is 1. The van der Waals surface area contributed by atoms with Crippen LogP contribution < -0.4 is 5.73 Å². The minimum absolute atomic E-state index is 0.0479. The Morgan fingerprint density at radius 3 is 2.53 bits per heavy atom. The quantitative estimate of drug-likeness (QED) is 0.421. The zero-order chi connectivity index (χ0) is 11.6. The molecule has 0 aromatic heterocycles. The van der Waals surface area contributed by atoms with Gasteiger partial charge in [-0.05, 0) is 32.9 Å². The fourth-order valence-corrected chi connectivity index (χ4v) is 1.06. The third-order valence-corrected chi connectivity index (χ3v) is 1.70. The minimum atomic E-state index is -0.574. The van der Waals surface area contributed by atoms with Gasteiger partial charge >= 0.3 is 5.97 Å². The van der Waals surface area contributed by atoms with Crippen molar-refractivity contribution in [2.45, 2.75) is 26.4 Å². The standard InChI is InChI=1S/C11H15NO3/c1-11(2,3)15-10(14)7-5-4-6-8(13)9(7)12/h4-6,13H,12H2,1-3H3. The summed E-state index contributed by atoms with van der Waals surface area (Å²) in [6.45, 7) is 5.30. The van der Waals surface area contributed by atoms with E-state index in [2.05, 4.69) is 0 Å². The van der Waals surface area contributed by atoms with Crippen LogP contribution in [0.1, 0.15) is 31.1 Å². The Morgan fingerprint density at radius 2 is 2.00 bits per heavy atom. The van der Waals surface area contributed by atoms with Gasteiger partial charge in [-0.3, -0.25) is 0 Å². The smallest absolute Gasteiger partial charge is 0.340 e. The molecule has 0 aliphatic carbocycles. The van der Waals surface area contributed by atoms with Gasteiger partial charge in [0.1, 0.15) is 11.4 Å². The van der Waals surface area contributed by atoms with Crippen LogP contribution in [0, 0.1) is 0 Å². The Labute approximate surface area is 88.7 Å². The highest BCUT2D eigenvalue weighted by Gasteiger charge is 2.20. The second kappa shape index (κ2) is 3.81. The molecule has 0 fully saturated rings. The number of benzene rings is 1. The summed E-state index contributed by atoms with van der Waals surface area (Å²) in [4.78, 5) is 11.6. The molecule has 4 heteroatoms. The summed E-state index contributed by atoms with van der Waals surface area (Å²) >= 11 is 0. The molecule has 0 aliphatic rings. The summed E-state index contributed by atoms with van der Waals surface area (Å²) in [7, 11) is 0. The number of esters is 1. The lowest BCUT2D eigenvalue weighted by Crippen LogP contribution is -2.24. The molecule has 0 heterocycles. The molecule has 0 spiro atoms. The Balaban J connectivity index is 2.97. The van der Waals surface area contributed by atoms with Crippen LogP contribution in [0.25, 0.3) is 0 Å². The number of ether oxygens (including phenoxy) is 1. The zero-order valence-corrected chi connectivity index (χ0v) is 9.07. The van der Waals surface area contributed by atoms with E-state index in [4.69, 9.17) is 10.5 Å². The predicted octanol–water partition coefficient (Wildman–Crippen LogP) is 1.93. The highest BCUT2D eigenvalue weighted by atomic mass is 16.6. The van der Waals surface area contributed by atoms with E-state index in [-0.39, 0.29) is 17.0 Å². The fraction of sp³-hybridized carbons (Fsp3) is 0.364. The minimum Gasteiger partial charge on any atom is -0.506 e. The molecular weight excluding hydrogens is 194 g/mol. The topological polar surface area (TPSA) is 72.5 Å². The first-order valence-corrected chi connectivity index (χ1v) is 4.62. The maximum absolute atomic E-state index is 11.6. The number of hydrogen-bond donors (Lipinski definition) is 2. The predicted molar refractivity (Wildman–Crippen MR) is 57.7 cm³/mol. The normalized spacial score (nSPS) is 11.1. The van der Waals surface area contributed by atoms with Crippen LogP contribution in [-0.4, -0.2) is 16.7 Å². The third-order valence-electron chi connectivity index (χ3n) is 1.70. The number of hydrogen-bond acceptors (Lipinski definition) is 4. The molecule has 0 bridgehead atoms. The molecule has 0 radical (unpaired) electrons. The first kappa shape index (κ1) is 11.4. The van der Waals surface area contributed by atoms with E-state index in [1.54, 1.807) is 26.8 Å². The molecule has 3 N–H and O–H groups in total. The summed E-state index contributed by atoms with van der Waals surface area (Å²) in [5.74, 6) is -0.644. The van der Waals surface area contributed by atoms with Gasteiger partial charge in [0.25, 0.3) is 0 Å². The molecule has 4 nitrogen and oxygen atoms in total. The van der Waals surface area contributed by atoms with Crippen molar-refractivity contribution in [3.8, 4) is 5.75 Å². The number of para-hydroxylation sites is 1. The van der Waals surface area contributed by atoms with Gasteiger partial charge in [0, 0.05) is 0 Å². The number of carbonyl (C=O) groups excluding carboxylic acids is 1. The lowest BCUT2D eigenvalue weighted by Gasteiger charge is -2.20. The largest absolute Gasteiger partial charge is 0.506 e.